The zero-order valence-electron chi connectivity index (χ0n) is 11.8. The molecular weight excluding hydrogens is 264 g/mol. The number of nitrogens with zero attached hydrogens (tertiary/aromatic N) is 2. The summed E-state index contributed by atoms with van der Waals surface area (Å²) in [6.07, 6.45) is 5.04. The summed E-state index contributed by atoms with van der Waals surface area (Å²) >= 11 is 0. The van der Waals surface area contributed by atoms with Crippen LogP contribution in [0.2, 0.25) is 0 Å². The zero-order chi connectivity index (χ0) is 14.7. The third-order valence-electron chi connectivity index (χ3n) is 3.63. The van der Waals surface area contributed by atoms with E-state index in [9.17, 15) is 4.79 Å². The van der Waals surface area contributed by atoms with Crippen LogP contribution < -0.4 is 4.74 Å². The van der Waals surface area contributed by atoms with Crippen molar-refractivity contribution < 1.29 is 9.53 Å². The number of benzene rings is 1. The van der Waals surface area contributed by atoms with Crippen LogP contribution in [-0.4, -0.2) is 22.9 Å². The molecule has 3 rings (SSSR count). The molecule has 0 saturated carbocycles. The Morgan fingerprint density at radius 1 is 1.24 bits per heavy atom. The smallest absolute Gasteiger partial charge is 0.144 e. The second kappa shape index (κ2) is 5.79. The van der Waals surface area contributed by atoms with Crippen LogP contribution in [0.25, 0.3) is 11.0 Å². The van der Waals surface area contributed by atoms with Crippen LogP contribution in [0.3, 0.4) is 0 Å². The molecule has 4 nitrogen and oxygen atoms in total. The lowest BCUT2D eigenvalue weighted by molar-refractivity contribution is -0.108. The lowest BCUT2D eigenvalue weighted by Crippen LogP contribution is -2.10. The molecule has 0 amide bonds. The quantitative estimate of drug-likeness (QED) is 0.674. The van der Waals surface area contributed by atoms with Gasteiger partial charge in [0.05, 0.1) is 18.5 Å². The summed E-state index contributed by atoms with van der Waals surface area (Å²) in [5, 5.41) is 0.951. The van der Waals surface area contributed by atoms with Crippen molar-refractivity contribution >= 4 is 17.3 Å². The van der Waals surface area contributed by atoms with Crippen LogP contribution in [0, 0.1) is 0 Å². The van der Waals surface area contributed by atoms with Gasteiger partial charge in [0.15, 0.2) is 0 Å². The van der Waals surface area contributed by atoms with E-state index >= 15 is 0 Å². The van der Waals surface area contributed by atoms with E-state index < -0.39 is 0 Å². The molecule has 0 bridgehead atoms. The van der Waals surface area contributed by atoms with E-state index in [1.807, 2.05) is 53.2 Å². The van der Waals surface area contributed by atoms with Gasteiger partial charge in [0.25, 0.3) is 0 Å². The molecule has 1 atom stereocenters. The molecule has 0 fully saturated rings. The van der Waals surface area contributed by atoms with Gasteiger partial charge in [0.1, 0.15) is 17.7 Å². The molecule has 1 aromatic carbocycles. The number of carbonyl (C=O) groups excluding carboxylic acids is 1. The van der Waals surface area contributed by atoms with Gasteiger partial charge in [-0.05, 0) is 17.7 Å². The van der Waals surface area contributed by atoms with E-state index in [1.54, 1.807) is 13.3 Å². The first-order valence-corrected chi connectivity index (χ1v) is 6.83. The minimum absolute atomic E-state index is 0.0548. The van der Waals surface area contributed by atoms with Gasteiger partial charge >= 0.3 is 0 Å². The van der Waals surface area contributed by atoms with Crippen molar-refractivity contribution in [1.29, 1.82) is 0 Å². The predicted octanol–water partition coefficient (Wildman–Crippen LogP) is 3.22. The molecule has 0 radical (unpaired) electrons. The number of aldehydes is 1. The first kappa shape index (κ1) is 13.4. The van der Waals surface area contributed by atoms with Crippen molar-refractivity contribution in [2.24, 2.45) is 0 Å². The largest absolute Gasteiger partial charge is 0.496 e. The Labute approximate surface area is 123 Å². The second-order valence-corrected chi connectivity index (χ2v) is 4.80. The summed E-state index contributed by atoms with van der Waals surface area (Å²) in [7, 11) is 1.65. The monoisotopic (exact) mass is 280 g/mol. The van der Waals surface area contributed by atoms with Gasteiger partial charge in [-0.3, -0.25) is 0 Å². The summed E-state index contributed by atoms with van der Waals surface area (Å²) in [6.45, 7) is 0. The summed E-state index contributed by atoms with van der Waals surface area (Å²) in [6, 6.07) is 13.7. The minimum Gasteiger partial charge on any atom is -0.496 e. The van der Waals surface area contributed by atoms with Crippen LogP contribution in [0.5, 0.6) is 5.75 Å². The number of pyridine rings is 1. The van der Waals surface area contributed by atoms with Crippen molar-refractivity contribution in [1.82, 2.24) is 9.55 Å². The maximum Gasteiger partial charge on any atom is 0.144 e. The third-order valence-corrected chi connectivity index (χ3v) is 3.63. The van der Waals surface area contributed by atoms with E-state index in [0.717, 1.165) is 28.6 Å². The molecule has 106 valence electrons. The van der Waals surface area contributed by atoms with Gasteiger partial charge < -0.3 is 14.1 Å². The van der Waals surface area contributed by atoms with Crippen LogP contribution in [0.4, 0.5) is 0 Å². The molecule has 1 unspecified atom stereocenters. The van der Waals surface area contributed by atoms with Crippen molar-refractivity contribution in [2.75, 3.05) is 7.11 Å². The van der Waals surface area contributed by atoms with Gasteiger partial charge in [-0.25, -0.2) is 4.98 Å². The first-order valence-electron chi connectivity index (χ1n) is 6.83. The average Bonchev–Trinajstić information content (AvgIpc) is 2.97. The molecule has 0 spiro atoms. The molecule has 0 aliphatic carbocycles. The van der Waals surface area contributed by atoms with Crippen LogP contribution in [-0.2, 0) is 4.79 Å². The molecule has 3 aromatic rings. The molecule has 4 heteroatoms. The predicted molar refractivity (Wildman–Crippen MR) is 81.5 cm³/mol. The highest BCUT2D eigenvalue weighted by Crippen LogP contribution is 2.30. The zero-order valence-corrected chi connectivity index (χ0v) is 11.8. The number of ether oxygens (including phenoxy) is 1. The Morgan fingerprint density at radius 3 is 2.76 bits per heavy atom. The number of rotatable bonds is 5. The Kier molecular flexibility index (Phi) is 3.69. The highest BCUT2D eigenvalue weighted by atomic mass is 16.5. The molecule has 2 aromatic heterocycles. The van der Waals surface area contributed by atoms with Gasteiger partial charge in [-0.2, -0.15) is 0 Å². The van der Waals surface area contributed by atoms with E-state index in [4.69, 9.17) is 4.74 Å². The molecule has 2 heterocycles. The maximum absolute atomic E-state index is 11.1. The molecule has 0 N–H and O–H groups in total. The standard InChI is InChI=1S/C17H16N2O2/c1-21-16-7-10-18-17-14(16)8-11-19(17)15(9-12-20)13-5-3-2-4-6-13/h2-8,10-12,15H,9H2,1H3. The van der Waals surface area contributed by atoms with E-state index in [-0.39, 0.29) is 6.04 Å². The molecular formula is C17H16N2O2. The Morgan fingerprint density at radius 2 is 2.05 bits per heavy atom. The van der Waals surface area contributed by atoms with Crippen molar-refractivity contribution in [3.8, 4) is 5.75 Å². The van der Waals surface area contributed by atoms with Gasteiger partial charge in [0.2, 0.25) is 0 Å². The van der Waals surface area contributed by atoms with Crippen LogP contribution >= 0.6 is 0 Å². The normalized spacial score (nSPS) is 12.2. The fraction of sp³-hybridized carbons (Fsp3) is 0.176. The van der Waals surface area contributed by atoms with Gasteiger partial charge in [-0.1, -0.05) is 30.3 Å². The lowest BCUT2D eigenvalue weighted by Gasteiger charge is -2.18. The number of fused-ring (bicyclic) bond motifs is 1. The highest BCUT2D eigenvalue weighted by Gasteiger charge is 2.17. The Bertz CT molecular complexity index is 750. The molecule has 21 heavy (non-hydrogen) atoms. The summed E-state index contributed by atoms with van der Waals surface area (Å²) < 4.78 is 7.39. The number of aromatic nitrogens is 2. The molecule has 0 aliphatic heterocycles. The van der Waals surface area contributed by atoms with Gasteiger partial charge in [-0.15, -0.1) is 0 Å². The Balaban J connectivity index is 2.14. The van der Waals surface area contributed by atoms with E-state index in [0.29, 0.717) is 6.42 Å². The number of carbonyl (C=O) groups is 1. The average molecular weight is 280 g/mol. The summed E-state index contributed by atoms with van der Waals surface area (Å²) in [5.74, 6) is 0.789. The maximum atomic E-state index is 11.1. The van der Waals surface area contributed by atoms with Crippen LogP contribution in [0.1, 0.15) is 18.0 Å². The minimum atomic E-state index is -0.0548. The van der Waals surface area contributed by atoms with Crippen molar-refractivity contribution in [3.05, 3.63) is 60.4 Å². The first-order chi connectivity index (χ1) is 10.3. The molecule has 0 saturated heterocycles. The Hall–Kier alpha value is -2.62. The summed E-state index contributed by atoms with van der Waals surface area (Å²) in [4.78, 5) is 15.5. The highest BCUT2D eigenvalue weighted by molar-refractivity contribution is 5.83. The fourth-order valence-electron chi connectivity index (χ4n) is 2.64. The van der Waals surface area contributed by atoms with E-state index in [2.05, 4.69) is 4.98 Å². The summed E-state index contributed by atoms with van der Waals surface area (Å²) in [5.41, 5.74) is 1.91. The second-order valence-electron chi connectivity index (χ2n) is 4.80. The van der Waals surface area contributed by atoms with Crippen molar-refractivity contribution in [2.45, 2.75) is 12.5 Å². The third kappa shape index (κ3) is 2.40. The van der Waals surface area contributed by atoms with Gasteiger partial charge in [0, 0.05) is 18.8 Å². The number of methoxy groups -OCH3 is 1. The number of hydrogen-bond donors (Lipinski definition) is 0. The molecule has 0 aliphatic rings. The van der Waals surface area contributed by atoms with Crippen LogP contribution in [0.15, 0.2) is 54.9 Å². The lowest BCUT2D eigenvalue weighted by atomic mass is 10.0. The topological polar surface area (TPSA) is 44.1 Å². The fourth-order valence-corrected chi connectivity index (χ4v) is 2.64. The van der Waals surface area contributed by atoms with Crippen molar-refractivity contribution in [3.63, 3.8) is 0 Å². The number of hydrogen-bond acceptors (Lipinski definition) is 3. The SMILES string of the molecule is COc1ccnc2c1ccn2C(CC=O)c1ccccc1. The van der Waals surface area contributed by atoms with E-state index in [1.165, 1.54) is 0 Å².